The number of benzene rings is 2. The second kappa shape index (κ2) is 8.58. The van der Waals surface area contributed by atoms with Crippen molar-refractivity contribution in [1.29, 1.82) is 5.26 Å². The molecule has 0 aliphatic heterocycles. The van der Waals surface area contributed by atoms with Crippen molar-refractivity contribution < 1.29 is 4.74 Å². The smallest absolute Gasteiger partial charge is 0.120 e. The first-order valence-electron chi connectivity index (χ1n) is 6.28. The monoisotopic (exact) mass is 320 g/mol. The van der Waals surface area contributed by atoms with Crippen molar-refractivity contribution in [2.75, 3.05) is 13.7 Å². The Morgan fingerprint density at radius 2 is 1.95 bits per heavy atom. The normalized spacial score (nSPS) is 11.1. The number of nitrogens with zero attached hydrogens (tertiary/aromatic N) is 1. The Balaban J connectivity index is 0.00000220. The van der Waals surface area contributed by atoms with Gasteiger partial charge in [0.15, 0.2) is 0 Å². The SMILES string of the molecule is COc1ccc(C#N)c(S[C@H](CN)c2ccccc2)c1.Cl. The number of rotatable bonds is 5. The highest BCUT2D eigenvalue weighted by molar-refractivity contribution is 7.99. The molecule has 0 heterocycles. The highest BCUT2D eigenvalue weighted by Gasteiger charge is 2.14. The summed E-state index contributed by atoms with van der Waals surface area (Å²) in [6, 6.07) is 17.7. The molecule has 0 aromatic heterocycles. The van der Waals surface area contributed by atoms with E-state index in [9.17, 15) is 5.26 Å². The van der Waals surface area contributed by atoms with Crippen LogP contribution in [0.25, 0.3) is 0 Å². The van der Waals surface area contributed by atoms with Gasteiger partial charge in [-0.15, -0.1) is 24.2 Å². The fourth-order valence-corrected chi connectivity index (χ4v) is 3.01. The molecule has 0 aliphatic carbocycles. The molecular formula is C16H17ClN2OS. The van der Waals surface area contributed by atoms with Crippen LogP contribution >= 0.6 is 24.2 Å². The van der Waals surface area contributed by atoms with Crippen LogP contribution in [0.3, 0.4) is 0 Å². The zero-order valence-corrected chi connectivity index (χ0v) is 13.3. The average molecular weight is 321 g/mol. The minimum atomic E-state index is 0. The first-order valence-corrected chi connectivity index (χ1v) is 7.16. The van der Waals surface area contributed by atoms with Gasteiger partial charge in [0.05, 0.1) is 12.7 Å². The number of ether oxygens (including phenoxy) is 1. The van der Waals surface area contributed by atoms with Crippen LogP contribution in [0.1, 0.15) is 16.4 Å². The first-order chi connectivity index (χ1) is 9.78. The molecule has 2 aromatic carbocycles. The van der Waals surface area contributed by atoms with Crippen LogP contribution in [-0.4, -0.2) is 13.7 Å². The van der Waals surface area contributed by atoms with Gasteiger partial charge >= 0.3 is 0 Å². The third-order valence-electron chi connectivity index (χ3n) is 2.96. The third-order valence-corrected chi connectivity index (χ3v) is 4.30. The van der Waals surface area contributed by atoms with Gasteiger partial charge in [-0.25, -0.2) is 0 Å². The summed E-state index contributed by atoms with van der Waals surface area (Å²) in [7, 11) is 1.62. The topological polar surface area (TPSA) is 59.0 Å². The summed E-state index contributed by atoms with van der Waals surface area (Å²) in [4.78, 5) is 0.895. The summed E-state index contributed by atoms with van der Waals surface area (Å²) >= 11 is 1.60. The lowest BCUT2D eigenvalue weighted by Crippen LogP contribution is -2.09. The van der Waals surface area contributed by atoms with Crippen LogP contribution in [0, 0.1) is 11.3 Å². The number of hydrogen-bond acceptors (Lipinski definition) is 4. The Morgan fingerprint density at radius 3 is 2.52 bits per heavy atom. The average Bonchev–Trinajstić information content (AvgIpc) is 2.53. The molecule has 0 bridgehead atoms. The maximum atomic E-state index is 9.20. The molecule has 1 atom stereocenters. The summed E-state index contributed by atoms with van der Waals surface area (Å²) in [5.41, 5.74) is 7.68. The summed E-state index contributed by atoms with van der Waals surface area (Å²) in [6.45, 7) is 0.511. The molecule has 0 saturated heterocycles. The first kappa shape index (κ1) is 17.4. The van der Waals surface area contributed by atoms with Crippen LogP contribution in [0.15, 0.2) is 53.4 Å². The van der Waals surface area contributed by atoms with Gasteiger partial charge in [0.2, 0.25) is 0 Å². The Bertz CT molecular complexity index is 613. The molecular weight excluding hydrogens is 304 g/mol. The van der Waals surface area contributed by atoms with E-state index >= 15 is 0 Å². The number of hydrogen-bond donors (Lipinski definition) is 1. The van der Waals surface area contributed by atoms with E-state index in [-0.39, 0.29) is 17.7 Å². The lowest BCUT2D eigenvalue weighted by atomic mass is 10.1. The molecule has 0 amide bonds. The summed E-state index contributed by atoms with van der Waals surface area (Å²) in [5, 5.41) is 9.32. The van der Waals surface area contributed by atoms with E-state index in [0.29, 0.717) is 12.1 Å². The quantitative estimate of drug-likeness (QED) is 0.852. The molecule has 2 aromatic rings. The van der Waals surface area contributed by atoms with Gasteiger partial charge in [-0.05, 0) is 23.8 Å². The van der Waals surface area contributed by atoms with Gasteiger partial charge in [-0.3, -0.25) is 0 Å². The van der Waals surface area contributed by atoms with Crippen molar-refractivity contribution in [2.24, 2.45) is 5.73 Å². The molecule has 2 N–H and O–H groups in total. The van der Waals surface area contributed by atoms with Gasteiger partial charge in [0, 0.05) is 16.7 Å². The van der Waals surface area contributed by atoms with Gasteiger partial charge in [0.1, 0.15) is 11.8 Å². The van der Waals surface area contributed by atoms with E-state index in [0.717, 1.165) is 16.2 Å². The van der Waals surface area contributed by atoms with Gasteiger partial charge < -0.3 is 10.5 Å². The molecule has 3 nitrogen and oxygen atoms in total. The van der Waals surface area contributed by atoms with E-state index in [4.69, 9.17) is 10.5 Å². The minimum absolute atomic E-state index is 0. The Labute approximate surface area is 135 Å². The van der Waals surface area contributed by atoms with Crippen molar-refractivity contribution >= 4 is 24.2 Å². The van der Waals surface area contributed by atoms with Crippen LogP contribution in [0.4, 0.5) is 0 Å². The number of nitrogens with two attached hydrogens (primary N) is 1. The predicted molar refractivity (Wildman–Crippen MR) is 89.1 cm³/mol. The fraction of sp³-hybridized carbons (Fsp3) is 0.188. The summed E-state index contributed by atoms with van der Waals surface area (Å²) < 4.78 is 5.22. The molecule has 110 valence electrons. The lowest BCUT2D eigenvalue weighted by Gasteiger charge is -2.16. The highest BCUT2D eigenvalue weighted by Crippen LogP contribution is 2.37. The van der Waals surface area contributed by atoms with Crippen molar-refractivity contribution in [2.45, 2.75) is 10.1 Å². The minimum Gasteiger partial charge on any atom is -0.497 e. The largest absolute Gasteiger partial charge is 0.497 e. The molecule has 0 saturated carbocycles. The zero-order chi connectivity index (χ0) is 14.4. The molecule has 0 unspecified atom stereocenters. The molecule has 0 fully saturated rings. The third kappa shape index (κ3) is 4.40. The zero-order valence-electron chi connectivity index (χ0n) is 11.7. The van der Waals surface area contributed by atoms with Gasteiger partial charge in [-0.1, -0.05) is 30.3 Å². The van der Waals surface area contributed by atoms with Crippen LogP contribution in [-0.2, 0) is 0 Å². The number of thioether (sulfide) groups is 1. The Kier molecular flexibility index (Phi) is 7.10. The van der Waals surface area contributed by atoms with E-state index in [1.807, 2.05) is 24.3 Å². The van der Waals surface area contributed by atoms with Crippen molar-refractivity contribution in [3.63, 3.8) is 0 Å². The van der Waals surface area contributed by atoms with E-state index in [2.05, 4.69) is 18.2 Å². The number of methoxy groups -OCH3 is 1. The maximum absolute atomic E-state index is 9.20. The van der Waals surface area contributed by atoms with Gasteiger partial charge in [0.25, 0.3) is 0 Å². The van der Waals surface area contributed by atoms with E-state index in [1.54, 1.807) is 31.0 Å². The van der Waals surface area contributed by atoms with Gasteiger partial charge in [-0.2, -0.15) is 5.26 Å². The number of nitriles is 1. The van der Waals surface area contributed by atoms with E-state index < -0.39 is 0 Å². The lowest BCUT2D eigenvalue weighted by molar-refractivity contribution is 0.413. The Hall–Kier alpha value is -1.67. The van der Waals surface area contributed by atoms with Crippen LogP contribution < -0.4 is 10.5 Å². The molecule has 5 heteroatoms. The van der Waals surface area contributed by atoms with Crippen LogP contribution in [0.2, 0.25) is 0 Å². The molecule has 21 heavy (non-hydrogen) atoms. The highest BCUT2D eigenvalue weighted by atomic mass is 35.5. The van der Waals surface area contributed by atoms with Crippen molar-refractivity contribution in [1.82, 2.24) is 0 Å². The fourth-order valence-electron chi connectivity index (χ4n) is 1.89. The molecule has 0 radical (unpaired) electrons. The van der Waals surface area contributed by atoms with Crippen LogP contribution in [0.5, 0.6) is 5.75 Å². The number of halogens is 1. The van der Waals surface area contributed by atoms with Crippen molar-refractivity contribution in [3.05, 3.63) is 59.7 Å². The molecule has 0 aliphatic rings. The Morgan fingerprint density at radius 1 is 1.24 bits per heavy atom. The summed E-state index contributed by atoms with van der Waals surface area (Å²) in [5.74, 6) is 0.746. The molecule has 0 spiro atoms. The molecule has 2 rings (SSSR count). The van der Waals surface area contributed by atoms with E-state index in [1.165, 1.54) is 0 Å². The van der Waals surface area contributed by atoms with Crippen molar-refractivity contribution in [3.8, 4) is 11.8 Å². The summed E-state index contributed by atoms with van der Waals surface area (Å²) in [6.07, 6.45) is 0. The predicted octanol–water partition coefficient (Wildman–Crippen LogP) is 3.78. The second-order valence-electron chi connectivity index (χ2n) is 4.23. The standard InChI is InChI=1S/C16H16N2OS.ClH/c1-19-14-8-7-13(10-17)15(9-14)20-16(11-18)12-5-3-2-4-6-12;/h2-9,16H,11,18H2,1H3;1H/t16-;/m1./s1. The second-order valence-corrected chi connectivity index (χ2v) is 5.47. The maximum Gasteiger partial charge on any atom is 0.120 e.